The first kappa shape index (κ1) is 16.9. The molecule has 4 rings (SSSR count). The van der Waals surface area contributed by atoms with Crippen LogP contribution in [0.3, 0.4) is 0 Å². The third-order valence-corrected chi connectivity index (χ3v) is 6.41. The van der Waals surface area contributed by atoms with Gasteiger partial charge in [0.15, 0.2) is 0 Å². The van der Waals surface area contributed by atoms with Crippen molar-refractivity contribution in [1.82, 2.24) is 19.9 Å². The van der Waals surface area contributed by atoms with E-state index in [0.717, 1.165) is 27.3 Å². The van der Waals surface area contributed by atoms with Crippen LogP contribution in [0.15, 0.2) is 37.3 Å². The molecule has 3 aromatic rings. The zero-order valence-corrected chi connectivity index (χ0v) is 16.4. The summed E-state index contributed by atoms with van der Waals surface area (Å²) in [6, 6.07) is 5.83. The van der Waals surface area contributed by atoms with Crippen LogP contribution in [0.2, 0.25) is 0 Å². The molecule has 0 aromatic carbocycles. The van der Waals surface area contributed by atoms with Crippen LogP contribution in [0.4, 0.5) is 0 Å². The van der Waals surface area contributed by atoms with E-state index in [1.165, 1.54) is 11.3 Å². The standard InChI is InChI=1S/C16H15BrN4O2S2/c17-13-8-11(10-25-13)16(22)21-5-3-20(4-6-21)9-14-18-15(19-23-14)12-2-1-7-24-12/h1-2,7-8,10H,3-6,9H2. The summed E-state index contributed by atoms with van der Waals surface area (Å²) in [4.78, 5) is 22.1. The van der Waals surface area contributed by atoms with Gasteiger partial charge in [-0.1, -0.05) is 11.2 Å². The second kappa shape index (κ2) is 7.36. The number of hydrogen-bond donors (Lipinski definition) is 0. The Bertz CT molecular complexity index is 853. The average Bonchev–Trinajstić information content (AvgIpc) is 3.36. The highest BCUT2D eigenvalue weighted by Crippen LogP contribution is 2.23. The lowest BCUT2D eigenvalue weighted by Crippen LogP contribution is -2.48. The largest absolute Gasteiger partial charge is 0.338 e. The fourth-order valence-corrected chi connectivity index (χ4v) is 4.51. The Kier molecular flexibility index (Phi) is 4.98. The third kappa shape index (κ3) is 3.84. The van der Waals surface area contributed by atoms with Crippen molar-refractivity contribution in [3.8, 4) is 10.7 Å². The summed E-state index contributed by atoms with van der Waals surface area (Å²) in [5.41, 5.74) is 0.753. The molecule has 0 aliphatic carbocycles. The molecule has 6 nitrogen and oxygen atoms in total. The Balaban J connectivity index is 1.32. The lowest BCUT2D eigenvalue weighted by Gasteiger charge is -2.33. The monoisotopic (exact) mass is 438 g/mol. The van der Waals surface area contributed by atoms with Crippen molar-refractivity contribution in [3.63, 3.8) is 0 Å². The number of amides is 1. The van der Waals surface area contributed by atoms with Crippen LogP contribution in [0.1, 0.15) is 16.2 Å². The molecule has 9 heteroatoms. The first-order valence-electron chi connectivity index (χ1n) is 7.81. The summed E-state index contributed by atoms with van der Waals surface area (Å²) in [6.07, 6.45) is 0. The normalized spacial score (nSPS) is 15.6. The Labute approximate surface area is 161 Å². The highest BCUT2D eigenvalue weighted by molar-refractivity contribution is 9.11. The van der Waals surface area contributed by atoms with E-state index >= 15 is 0 Å². The van der Waals surface area contributed by atoms with Gasteiger partial charge in [-0.15, -0.1) is 22.7 Å². The predicted octanol–water partition coefficient (Wildman–Crippen LogP) is 3.58. The van der Waals surface area contributed by atoms with Gasteiger partial charge >= 0.3 is 0 Å². The maximum Gasteiger partial charge on any atom is 0.254 e. The number of piperazine rings is 1. The van der Waals surface area contributed by atoms with Crippen LogP contribution in [0, 0.1) is 0 Å². The van der Waals surface area contributed by atoms with Crippen molar-refractivity contribution >= 4 is 44.5 Å². The summed E-state index contributed by atoms with van der Waals surface area (Å²) in [7, 11) is 0. The molecule has 0 radical (unpaired) electrons. The summed E-state index contributed by atoms with van der Waals surface area (Å²) in [5, 5.41) is 7.93. The number of hydrogen-bond acceptors (Lipinski definition) is 7. The van der Waals surface area contributed by atoms with E-state index in [0.29, 0.717) is 31.3 Å². The molecule has 130 valence electrons. The third-order valence-electron chi connectivity index (χ3n) is 4.04. The average molecular weight is 439 g/mol. The topological polar surface area (TPSA) is 62.5 Å². The lowest BCUT2D eigenvalue weighted by molar-refractivity contribution is 0.0615. The molecule has 1 saturated heterocycles. The smallest absolute Gasteiger partial charge is 0.254 e. The Morgan fingerprint density at radius 2 is 2.12 bits per heavy atom. The summed E-state index contributed by atoms with van der Waals surface area (Å²) >= 11 is 6.53. The molecule has 0 unspecified atom stereocenters. The van der Waals surface area contributed by atoms with Gasteiger partial charge < -0.3 is 9.42 Å². The van der Waals surface area contributed by atoms with Crippen molar-refractivity contribution in [3.05, 3.63) is 44.2 Å². The summed E-state index contributed by atoms with van der Waals surface area (Å²) in [6.45, 7) is 3.63. The van der Waals surface area contributed by atoms with Crippen molar-refractivity contribution in [2.75, 3.05) is 26.2 Å². The molecule has 1 aliphatic heterocycles. The minimum Gasteiger partial charge on any atom is -0.338 e. The quantitative estimate of drug-likeness (QED) is 0.622. The van der Waals surface area contributed by atoms with Crippen LogP contribution in [-0.2, 0) is 6.54 Å². The number of thiophene rings is 2. The molecule has 3 aromatic heterocycles. The Hall–Kier alpha value is -1.55. The van der Waals surface area contributed by atoms with Gasteiger partial charge in [-0.25, -0.2) is 0 Å². The molecule has 25 heavy (non-hydrogen) atoms. The molecule has 1 amide bonds. The van der Waals surface area contributed by atoms with Crippen LogP contribution in [0.5, 0.6) is 0 Å². The minimum atomic E-state index is 0.0966. The van der Waals surface area contributed by atoms with Crippen molar-refractivity contribution in [1.29, 1.82) is 0 Å². The zero-order valence-electron chi connectivity index (χ0n) is 13.2. The van der Waals surface area contributed by atoms with Gasteiger partial charge in [-0.2, -0.15) is 4.98 Å². The van der Waals surface area contributed by atoms with Gasteiger partial charge in [0.1, 0.15) is 0 Å². The second-order valence-electron chi connectivity index (χ2n) is 5.70. The summed E-state index contributed by atoms with van der Waals surface area (Å²) in [5.74, 6) is 1.35. The first-order chi connectivity index (χ1) is 12.2. The highest BCUT2D eigenvalue weighted by Gasteiger charge is 2.24. The molecule has 0 N–H and O–H groups in total. The van der Waals surface area contributed by atoms with Gasteiger partial charge in [-0.05, 0) is 33.4 Å². The van der Waals surface area contributed by atoms with Gasteiger partial charge in [-0.3, -0.25) is 9.69 Å². The molecule has 1 aliphatic rings. The molecular weight excluding hydrogens is 424 g/mol. The van der Waals surface area contributed by atoms with Crippen molar-refractivity contribution < 1.29 is 9.32 Å². The van der Waals surface area contributed by atoms with Crippen LogP contribution in [-0.4, -0.2) is 52.0 Å². The van der Waals surface area contributed by atoms with Gasteiger partial charge in [0.2, 0.25) is 11.7 Å². The number of carbonyl (C=O) groups excluding carboxylic acids is 1. The van der Waals surface area contributed by atoms with E-state index < -0.39 is 0 Å². The van der Waals surface area contributed by atoms with Gasteiger partial charge in [0, 0.05) is 31.6 Å². The first-order valence-corrected chi connectivity index (χ1v) is 10.4. The molecule has 1 fully saturated rings. The summed E-state index contributed by atoms with van der Waals surface area (Å²) < 4.78 is 6.34. The van der Waals surface area contributed by atoms with Crippen LogP contribution in [0.25, 0.3) is 10.7 Å². The number of aromatic nitrogens is 2. The van der Waals surface area contributed by atoms with E-state index in [1.54, 1.807) is 11.3 Å². The SMILES string of the molecule is O=C(c1csc(Br)c1)N1CCN(Cc2nc(-c3cccs3)no2)CC1. The van der Waals surface area contributed by atoms with E-state index in [-0.39, 0.29) is 5.91 Å². The molecule has 0 spiro atoms. The van der Waals surface area contributed by atoms with Crippen LogP contribution < -0.4 is 0 Å². The molecule has 4 heterocycles. The maximum absolute atomic E-state index is 12.5. The lowest BCUT2D eigenvalue weighted by atomic mass is 10.2. The van der Waals surface area contributed by atoms with E-state index in [1.807, 2.05) is 33.9 Å². The molecular formula is C16H15BrN4O2S2. The molecule has 0 bridgehead atoms. The van der Waals surface area contributed by atoms with E-state index in [2.05, 4.69) is 31.0 Å². The Morgan fingerprint density at radius 3 is 2.80 bits per heavy atom. The zero-order chi connectivity index (χ0) is 17.2. The fraction of sp³-hybridized carbons (Fsp3) is 0.312. The maximum atomic E-state index is 12.5. The minimum absolute atomic E-state index is 0.0966. The Morgan fingerprint density at radius 1 is 1.28 bits per heavy atom. The number of nitrogens with zero attached hydrogens (tertiary/aromatic N) is 4. The molecule has 0 saturated carbocycles. The van der Waals surface area contributed by atoms with Gasteiger partial charge in [0.05, 0.1) is 20.8 Å². The van der Waals surface area contributed by atoms with E-state index in [9.17, 15) is 4.79 Å². The second-order valence-corrected chi connectivity index (χ2v) is 8.94. The molecule has 0 atom stereocenters. The number of halogens is 1. The van der Waals surface area contributed by atoms with E-state index in [4.69, 9.17) is 4.52 Å². The van der Waals surface area contributed by atoms with Crippen molar-refractivity contribution in [2.45, 2.75) is 6.54 Å². The fourth-order valence-electron chi connectivity index (χ4n) is 2.73. The predicted molar refractivity (Wildman–Crippen MR) is 101 cm³/mol. The van der Waals surface area contributed by atoms with Crippen molar-refractivity contribution in [2.24, 2.45) is 0 Å². The highest BCUT2D eigenvalue weighted by atomic mass is 79.9. The number of carbonyl (C=O) groups is 1. The van der Waals surface area contributed by atoms with Crippen LogP contribution >= 0.6 is 38.6 Å². The van der Waals surface area contributed by atoms with Gasteiger partial charge in [0.25, 0.3) is 5.91 Å². The number of rotatable bonds is 4.